The zero-order valence-corrected chi connectivity index (χ0v) is 18.5. The number of rotatable bonds is 5. The van der Waals surface area contributed by atoms with Crippen LogP contribution in [0.2, 0.25) is 5.02 Å². The van der Waals surface area contributed by atoms with E-state index in [0.29, 0.717) is 6.42 Å². The van der Waals surface area contributed by atoms with E-state index in [2.05, 4.69) is 10.6 Å². The van der Waals surface area contributed by atoms with Gasteiger partial charge in [-0.05, 0) is 36.8 Å². The third kappa shape index (κ3) is 4.92. The highest BCUT2D eigenvalue weighted by Crippen LogP contribution is 2.53. The topological polar surface area (TPSA) is 78.5 Å². The van der Waals surface area contributed by atoms with Gasteiger partial charge in [0.25, 0.3) is 5.91 Å². The van der Waals surface area contributed by atoms with Gasteiger partial charge in [-0.25, -0.2) is 8.78 Å². The van der Waals surface area contributed by atoms with Crippen molar-refractivity contribution < 1.29 is 23.2 Å². The Morgan fingerprint density at radius 1 is 1.13 bits per heavy atom. The van der Waals surface area contributed by atoms with Gasteiger partial charge in [0.05, 0.1) is 22.2 Å². The molecule has 1 saturated carbocycles. The summed E-state index contributed by atoms with van der Waals surface area (Å²) in [6.07, 6.45) is 0.309. The Morgan fingerprint density at radius 2 is 1.77 bits per heavy atom. The summed E-state index contributed by atoms with van der Waals surface area (Å²) < 4.78 is 27.7. The van der Waals surface area contributed by atoms with Crippen LogP contribution in [0, 0.1) is 17.6 Å². The number of nitrogens with zero attached hydrogens (tertiary/aromatic N) is 1. The Balaban J connectivity index is 1.83. The van der Waals surface area contributed by atoms with E-state index in [0.717, 1.165) is 24.0 Å². The van der Waals surface area contributed by atoms with Gasteiger partial charge in [0.2, 0.25) is 11.8 Å². The van der Waals surface area contributed by atoms with Crippen molar-refractivity contribution in [1.29, 1.82) is 0 Å². The zero-order valence-electron chi connectivity index (χ0n) is 16.2. The Hall–Kier alpha value is -2.42. The zero-order chi connectivity index (χ0) is 23.1. The molecule has 1 fully saturated rings. The molecule has 3 amide bonds. The van der Waals surface area contributed by atoms with Crippen molar-refractivity contribution in [2.45, 2.75) is 17.7 Å². The number of alkyl halides is 2. The Bertz CT molecular complexity index is 1090. The first kappa shape index (κ1) is 23.2. The molecule has 1 aliphatic rings. The van der Waals surface area contributed by atoms with Crippen LogP contribution in [0.5, 0.6) is 0 Å². The summed E-state index contributed by atoms with van der Waals surface area (Å²) in [4.78, 5) is 37.1. The Kier molecular flexibility index (Phi) is 6.45. The van der Waals surface area contributed by atoms with E-state index < -0.39 is 45.3 Å². The number of nitrogens with one attached hydrogen (secondary N) is 2. The molecule has 0 spiro atoms. The number of carbonyl (C=O) groups is 3. The summed E-state index contributed by atoms with van der Waals surface area (Å²) in [6, 6.07) is 6.09. The van der Waals surface area contributed by atoms with Crippen molar-refractivity contribution in [2.24, 2.45) is 5.92 Å². The lowest BCUT2D eigenvalue weighted by Crippen LogP contribution is -2.26. The van der Waals surface area contributed by atoms with Gasteiger partial charge in [-0.1, -0.05) is 11.6 Å². The molecule has 2 N–H and O–H groups in total. The summed E-state index contributed by atoms with van der Waals surface area (Å²) in [5.74, 6) is -4.49. The van der Waals surface area contributed by atoms with E-state index in [1.165, 1.54) is 25.2 Å². The molecular weight excluding hydrogens is 475 g/mol. The molecular formula is C20H16Cl3F2N3O3. The van der Waals surface area contributed by atoms with Gasteiger partial charge in [-0.2, -0.15) is 0 Å². The lowest BCUT2D eigenvalue weighted by molar-refractivity contribution is -0.117. The van der Waals surface area contributed by atoms with Crippen molar-refractivity contribution in [3.05, 3.63) is 52.6 Å². The summed E-state index contributed by atoms with van der Waals surface area (Å²) in [6.45, 7) is 1.14. The number of benzene rings is 2. The minimum atomic E-state index is -1.12. The number of hydrogen-bond donors (Lipinski definition) is 2. The fourth-order valence-corrected chi connectivity index (χ4v) is 3.51. The molecule has 0 bridgehead atoms. The van der Waals surface area contributed by atoms with Crippen molar-refractivity contribution in [3.63, 3.8) is 0 Å². The largest absolute Gasteiger partial charge is 0.326 e. The summed E-state index contributed by atoms with van der Waals surface area (Å²) in [7, 11) is 1.20. The molecule has 2 aromatic carbocycles. The second kappa shape index (κ2) is 8.61. The van der Waals surface area contributed by atoms with Gasteiger partial charge >= 0.3 is 0 Å². The quantitative estimate of drug-likeness (QED) is 0.580. The normalized spacial score (nSPS) is 16.4. The van der Waals surface area contributed by atoms with Crippen LogP contribution in [0.15, 0.2) is 30.3 Å². The summed E-state index contributed by atoms with van der Waals surface area (Å²) in [5, 5.41) is 4.92. The predicted molar refractivity (Wildman–Crippen MR) is 116 cm³/mol. The first-order valence-corrected chi connectivity index (χ1v) is 10.1. The average Bonchev–Trinajstić information content (AvgIpc) is 3.33. The highest BCUT2D eigenvalue weighted by atomic mass is 35.5. The van der Waals surface area contributed by atoms with E-state index >= 15 is 0 Å². The number of hydrogen-bond acceptors (Lipinski definition) is 3. The highest BCUT2D eigenvalue weighted by Gasteiger charge is 2.56. The first-order valence-electron chi connectivity index (χ1n) is 8.94. The monoisotopic (exact) mass is 489 g/mol. The lowest BCUT2D eigenvalue weighted by Gasteiger charge is -2.18. The van der Waals surface area contributed by atoms with Gasteiger partial charge in [-0.3, -0.25) is 14.4 Å². The fourth-order valence-electron chi connectivity index (χ4n) is 2.80. The first-order chi connectivity index (χ1) is 14.4. The van der Waals surface area contributed by atoms with Gasteiger partial charge < -0.3 is 15.5 Å². The van der Waals surface area contributed by atoms with Crippen LogP contribution in [0.25, 0.3) is 0 Å². The number of amides is 3. The SMILES string of the molecule is CC(=O)N(C)c1c(F)ccc(NC(=O)c2cc(NC(=O)C3CC3(Cl)Cl)ccc2Cl)c1F. The second-order valence-electron chi connectivity index (χ2n) is 6.99. The van der Waals surface area contributed by atoms with E-state index in [1.807, 2.05) is 0 Å². The van der Waals surface area contributed by atoms with Crippen LogP contribution in [0.4, 0.5) is 25.8 Å². The van der Waals surface area contributed by atoms with Crippen molar-refractivity contribution in [3.8, 4) is 0 Å². The van der Waals surface area contributed by atoms with Crippen LogP contribution in [-0.2, 0) is 9.59 Å². The van der Waals surface area contributed by atoms with E-state index in [-0.39, 0.29) is 22.0 Å². The molecule has 1 atom stereocenters. The maximum atomic E-state index is 14.8. The maximum Gasteiger partial charge on any atom is 0.257 e. The van der Waals surface area contributed by atoms with E-state index in [4.69, 9.17) is 34.8 Å². The Labute approximate surface area is 191 Å². The van der Waals surface area contributed by atoms with Gasteiger partial charge in [0, 0.05) is 19.7 Å². The standard InChI is InChI=1S/C20H16Cl3F2N3O3/c1-9(29)28(2)17-14(24)5-6-15(16(17)25)27-18(30)11-7-10(3-4-13(11)21)26-19(31)12-8-20(12,22)23/h3-7,12H,8H2,1-2H3,(H,26,31)(H,27,30). The molecule has 0 aromatic heterocycles. The molecule has 0 radical (unpaired) electrons. The molecule has 1 aliphatic carbocycles. The van der Waals surface area contributed by atoms with Crippen LogP contribution >= 0.6 is 34.8 Å². The van der Waals surface area contributed by atoms with Crippen molar-refractivity contribution in [1.82, 2.24) is 0 Å². The van der Waals surface area contributed by atoms with E-state index in [9.17, 15) is 23.2 Å². The molecule has 3 rings (SSSR count). The van der Waals surface area contributed by atoms with Gasteiger partial charge in [-0.15, -0.1) is 23.2 Å². The molecule has 2 aromatic rings. The molecule has 6 nitrogen and oxygen atoms in total. The average molecular weight is 491 g/mol. The lowest BCUT2D eigenvalue weighted by atomic mass is 10.1. The minimum absolute atomic E-state index is 0.0366. The maximum absolute atomic E-state index is 14.8. The van der Waals surface area contributed by atoms with E-state index in [1.54, 1.807) is 0 Å². The minimum Gasteiger partial charge on any atom is -0.326 e. The van der Waals surface area contributed by atoms with Crippen LogP contribution < -0.4 is 15.5 Å². The number of halogens is 5. The van der Waals surface area contributed by atoms with Crippen LogP contribution in [-0.4, -0.2) is 29.1 Å². The molecule has 11 heteroatoms. The third-order valence-corrected chi connectivity index (χ3v) is 5.91. The summed E-state index contributed by atoms with van der Waals surface area (Å²) >= 11 is 17.8. The van der Waals surface area contributed by atoms with Crippen molar-refractivity contribution in [2.75, 3.05) is 22.6 Å². The van der Waals surface area contributed by atoms with Crippen LogP contribution in [0.3, 0.4) is 0 Å². The van der Waals surface area contributed by atoms with Crippen LogP contribution in [0.1, 0.15) is 23.7 Å². The smallest absolute Gasteiger partial charge is 0.257 e. The third-order valence-electron chi connectivity index (χ3n) is 4.74. The molecule has 0 saturated heterocycles. The highest BCUT2D eigenvalue weighted by molar-refractivity contribution is 6.52. The summed E-state index contributed by atoms with van der Waals surface area (Å²) in [5.41, 5.74) is -0.768. The number of anilines is 3. The predicted octanol–water partition coefficient (Wildman–Crippen LogP) is 4.99. The van der Waals surface area contributed by atoms with Crippen molar-refractivity contribution >= 4 is 69.6 Å². The molecule has 0 aliphatic heterocycles. The molecule has 0 heterocycles. The molecule has 1 unspecified atom stereocenters. The number of carbonyl (C=O) groups excluding carboxylic acids is 3. The van der Waals surface area contributed by atoms with Gasteiger partial charge in [0.15, 0.2) is 5.82 Å². The Morgan fingerprint density at radius 3 is 2.35 bits per heavy atom. The molecule has 164 valence electrons. The fraction of sp³-hybridized carbons (Fsp3) is 0.250. The second-order valence-corrected chi connectivity index (χ2v) is 8.94. The molecule has 31 heavy (non-hydrogen) atoms. The van der Waals surface area contributed by atoms with Gasteiger partial charge in [0.1, 0.15) is 15.8 Å².